The zero-order valence-electron chi connectivity index (χ0n) is 11.5. The highest BCUT2D eigenvalue weighted by Crippen LogP contribution is 2.56. The van der Waals surface area contributed by atoms with Gasteiger partial charge in [-0.1, -0.05) is 49.4 Å². The molecule has 1 aliphatic carbocycles. The summed E-state index contributed by atoms with van der Waals surface area (Å²) >= 11 is 0. The molecular weight excluding hydrogens is 260 g/mol. The van der Waals surface area contributed by atoms with Crippen LogP contribution in [0.4, 0.5) is 0 Å². The highest BCUT2D eigenvalue weighted by molar-refractivity contribution is 5.47. The molecule has 2 atom stereocenters. The second-order valence-electron chi connectivity index (χ2n) is 5.13. The summed E-state index contributed by atoms with van der Waals surface area (Å²) in [6.07, 6.45) is 3.51. The monoisotopic (exact) mass is 272 g/mol. The molecule has 0 unspecified atom stereocenters. The van der Waals surface area contributed by atoms with Gasteiger partial charge in [-0.25, -0.2) is 0 Å². The second kappa shape index (κ2) is 5.13. The van der Waals surface area contributed by atoms with Crippen LogP contribution in [0, 0.1) is 62.1 Å². The first-order valence-corrected chi connectivity index (χ1v) is 6.50. The fraction of sp³-hybridized carbons (Fsp3) is 0.294. The lowest BCUT2D eigenvalue weighted by molar-refractivity contribution is 0.201. The fourth-order valence-corrected chi connectivity index (χ4v) is 2.94. The van der Waals surface area contributed by atoms with Crippen molar-refractivity contribution in [1.82, 2.24) is 0 Å². The predicted molar refractivity (Wildman–Crippen MR) is 74.8 cm³/mol. The molecule has 4 nitrogen and oxygen atoms in total. The molecule has 100 valence electrons. The average Bonchev–Trinajstić information content (AvgIpc) is 2.55. The van der Waals surface area contributed by atoms with Gasteiger partial charge < -0.3 is 0 Å². The first kappa shape index (κ1) is 14.3. The van der Waals surface area contributed by atoms with Gasteiger partial charge in [-0.2, -0.15) is 21.0 Å². The zero-order valence-corrected chi connectivity index (χ0v) is 11.5. The lowest BCUT2D eigenvalue weighted by Crippen LogP contribution is -2.48. The predicted octanol–water partition coefficient (Wildman–Crippen LogP) is 3.04. The smallest absolute Gasteiger partial charge is 0.186 e. The van der Waals surface area contributed by atoms with Gasteiger partial charge in [0.25, 0.3) is 0 Å². The Hall–Kier alpha value is -3.08. The molecule has 0 radical (unpaired) electrons. The maximum Gasteiger partial charge on any atom is 0.186 e. The first-order chi connectivity index (χ1) is 10.1. The fourth-order valence-electron chi connectivity index (χ4n) is 2.94. The van der Waals surface area contributed by atoms with Gasteiger partial charge in [0.1, 0.15) is 0 Å². The van der Waals surface area contributed by atoms with Gasteiger partial charge in [-0.3, -0.25) is 0 Å². The lowest BCUT2D eigenvalue weighted by atomic mass is 9.51. The van der Waals surface area contributed by atoms with Crippen LogP contribution in [0.1, 0.15) is 18.4 Å². The van der Waals surface area contributed by atoms with Crippen molar-refractivity contribution in [3.63, 3.8) is 0 Å². The third kappa shape index (κ3) is 1.71. The van der Waals surface area contributed by atoms with Gasteiger partial charge >= 0.3 is 0 Å². The summed E-state index contributed by atoms with van der Waals surface area (Å²) in [7, 11) is 0. The molecule has 0 amide bonds. The third-order valence-electron chi connectivity index (χ3n) is 4.23. The van der Waals surface area contributed by atoms with E-state index in [0.717, 1.165) is 5.56 Å². The van der Waals surface area contributed by atoms with E-state index in [0.29, 0.717) is 0 Å². The maximum atomic E-state index is 9.68. The quantitative estimate of drug-likeness (QED) is 0.734. The van der Waals surface area contributed by atoms with Crippen LogP contribution in [0.3, 0.4) is 0 Å². The van der Waals surface area contributed by atoms with Crippen LogP contribution in [0.5, 0.6) is 0 Å². The topological polar surface area (TPSA) is 95.2 Å². The molecule has 4 heteroatoms. The van der Waals surface area contributed by atoms with Crippen LogP contribution >= 0.6 is 0 Å². The highest BCUT2D eigenvalue weighted by Gasteiger charge is 2.62. The number of nitrogens with zero attached hydrogens (tertiary/aromatic N) is 4. The van der Waals surface area contributed by atoms with Crippen molar-refractivity contribution >= 4 is 0 Å². The van der Waals surface area contributed by atoms with E-state index in [9.17, 15) is 21.0 Å². The van der Waals surface area contributed by atoms with Crippen LogP contribution in [-0.4, -0.2) is 0 Å². The van der Waals surface area contributed by atoms with E-state index in [1.54, 1.807) is 43.3 Å². The Kier molecular flexibility index (Phi) is 3.50. The Morgan fingerprint density at radius 1 is 0.810 bits per heavy atom. The van der Waals surface area contributed by atoms with E-state index >= 15 is 0 Å². The van der Waals surface area contributed by atoms with Crippen molar-refractivity contribution in [3.05, 3.63) is 48.0 Å². The van der Waals surface area contributed by atoms with Gasteiger partial charge in [0.2, 0.25) is 0 Å². The molecular formula is C17H12N4. The van der Waals surface area contributed by atoms with Crippen LogP contribution in [0.2, 0.25) is 0 Å². The molecule has 0 N–H and O–H groups in total. The number of nitriles is 4. The molecule has 0 saturated carbocycles. The third-order valence-corrected chi connectivity index (χ3v) is 4.23. The summed E-state index contributed by atoms with van der Waals surface area (Å²) in [6.45, 7) is 1.69. The van der Waals surface area contributed by atoms with Gasteiger partial charge in [0.05, 0.1) is 24.3 Å². The molecule has 1 aromatic rings. The molecule has 0 spiro atoms. The normalized spacial score (nSPS) is 24.8. The van der Waals surface area contributed by atoms with E-state index < -0.39 is 22.7 Å². The van der Waals surface area contributed by atoms with Crippen molar-refractivity contribution in [3.8, 4) is 24.3 Å². The van der Waals surface area contributed by atoms with Crippen molar-refractivity contribution < 1.29 is 0 Å². The largest absolute Gasteiger partial charge is 0.196 e. The Morgan fingerprint density at radius 2 is 1.33 bits per heavy atom. The van der Waals surface area contributed by atoms with Gasteiger partial charge in [0.15, 0.2) is 10.8 Å². The molecule has 0 bridgehead atoms. The van der Waals surface area contributed by atoms with Gasteiger partial charge in [-0.05, 0) is 5.56 Å². The summed E-state index contributed by atoms with van der Waals surface area (Å²) in [6, 6.07) is 16.9. The highest BCUT2D eigenvalue weighted by atomic mass is 14.6. The van der Waals surface area contributed by atoms with Gasteiger partial charge in [0, 0.05) is 11.8 Å². The van der Waals surface area contributed by atoms with Crippen molar-refractivity contribution in [2.45, 2.75) is 12.8 Å². The molecule has 1 aliphatic rings. The molecule has 0 heterocycles. The number of rotatable bonds is 1. The summed E-state index contributed by atoms with van der Waals surface area (Å²) in [4.78, 5) is 0. The number of allylic oxidation sites excluding steroid dienone is 2. The minimum Gasteiger partial charge on any atom is -0.196 e. The van der Waals surface area contributed by atoms with Crippen molar-refractivity contribution in [1.29, 1.82) is 21.0 Å². The summed E-state index contributed by atoms with van der Waals surface area (Å²) in [5.41, 5.74) is -2.67. The Balaban J connectivity index is 2.79. The Labute approximate surface area is 123 Å². The van der Waals surface area contributed by atoms with Crippen LogP contribution < -0.4 is 0 Å². The van der Waals surface area contributed by atoms with Crippen molar-refractivity contribution in [2.24, 2.45) is 16.7 Å². The Bertz CT molecular complexity index is 706. The van der Waals surface area contributed by atoms with E-state index in [1.165, 1.54) is 0 Å². The first-order valence-electron chi connectivity index (χ1n) is 6.50. The molecule has 0 aliphatic heterocycles. The minimum absolute atomic E-state index is 0.494. The summed E-state index contributed by atoms with van der Waals surface area (Å²) in [5, 5.41) is 38.5. The number of hydrogen-bond acceptors (Lipinski definition) is 4. The maximum absolute atomic E-state index is 9.68. The van der Waals surface area contributed by atoms with Crippen LogP contribution in [0.15, 0.2) is 42.5 Å². The minimum atomic E-state index is -1.73. The molecule has 0 saturated heterocycles. The van der Waals surface area contributed by atoms with Gasteiger partial charge in [-0.15, -0.1) is 0 Å². The average molecular weight is 272 g/mol. The lowest BCUT2D eigenvalue weighted by Gasteiger charge is -2.42. The van der Waals surface area contributed by atoms with Crippen LogP contribution in [0.25, 0.3) is 0 Å². The molecule has 0 fully saturated rings. The summed E-state index contributed by atoms with van der Waals surface area (Å²) in [5.74, 6) is -1.10. The molecule has 1 aromatic carbocycles. The number of hydrogen-bond donors (Lipinski definition) is 0. The summed E-state index contributed by atoms with van der Waals surface area (Å²) < 4.78 is 0. The van der Waals surface area contributed by atoms with Crippen molar-refractivity contribution in [2.75, 3.05) is 0 Å². The molecule has 21 heavy (non-hydrogen) atoms. The van der Waals surface area contributed by atoms with E-state index in [1.807, 2.05) is 30.3 Å². The van der Waals surface area contributed by atoms with Crippen LogP contribution in [-0.2, 0) is 0 Å². The van der Waals surface area contributed by atoms with E-state index in [4.69, 9.17) is 0 Å². The molecule has 0 aromatic heterocycles. The number of benzene rings is 1. The van der Waals surface area contributed by atoms with E-state index in [2.05, 4.69) is 0 Å². The second-order valence-corrected chi connectivity index (χ2v) is 5.13. The van der Waals surface area contributed by atoms with E-state index in [-0.39, 0.29) is 0 Å². The Morgan fingerprint density at radius 3 is 1.81 bits per heavy atom. The molecule has 2 rings (SSSR count). The SMILES string of the molecule is C[C@@H]1C=C[C@H](c2ccccc2)C(C#N)(C#N)C1(C#N)C#N. The zero-order chi connectivity index (χ0) is 15.5. The standard InChI is InChI=1S/C17H12N4/c1-13-7-8-15(14-5-3-2-4-6-14)17(11-20,12-21)16(13,9-18)10-19/h2-8,13,15H,1H3/t13-,15-/m1/s1.